The first-order valence-electron chi connectivity index (χ1n) is 9.77. The molecule has 3 heterocycles. The Morgan fingerprint density at radius 2 is 2.12 bits per heavy atom. The molecule has 2 saturated heterocycles. The van der Waals surface area contributed by atoms with E-state index < -0.39 is 0 Å². The smallest absolute Gasteiger partial charge is 0.222 e. The lowest BCUT2D eigenvalue weighted by Gasteiger charge is -2.47. The highest BCUT2D eigenvalue weighted by Crippen LogP contribution is 2.33. The van der Waals surface area contributed by atoms with Gasteiger partial charge in [-0.3, -0.25) is 9.69 Å². The van der Waals surface area contributed by atoms with Crippen molar-refractivity contribution in [2.75, 3.05) is 26.2 Å². The van der Waals surface area contributed by atoms with Crippen LogP contribution >= 0.6 is 0 Å². The van der Waals surface area contributed by atoms with Crippen LogP contribution in [0.25, 0.3) is 11.0 Å². The second-order valence-electron chi connectivity index (χ2n) is 7.92. The van der Waals surface area contributed by atoms with Crippen molar-refractivity contribution in [1.29, 1.82) is 0 Å². The zero-order chi connectivity index (χ0) is 18.3. The zero-order valence-electron chi connectivity index (χ0n) is 15.8. The van der Waals surface area contributed by atoms with Gasteiger partial charge in [0.15, 0.2) is 0 Å². The van der Waals surface area contributed by atoms with Crippen LogP contribution in [-0.2, 0) is 11.3 Å². The molecule has 26 heavy (non-hydrogen) atoms. The maximum Gasteiger partial charge on any atom is 0.222 e. The molecular weight excluding hydrogens is 326 g/mol. The fraction of sp³-hybridized carbons (Fsp3) is 0.571. The van der Waals surface area contributed by atoms with Gasteiger partial charge in [-0.1, -0.05) is 11.6 Å². The Labute approximate surface area is 155 Å². The van der Waals surface area contributed by atoms with Crippen molar-refractivity contribution in [2.24, 2.45) is 11.7 Å². The van der Waals surface area contributed by atoms with Gasteiger partial charge in [0.2, 0.25) is 5.91 Å². The molecule has 1 amide bonds. The van der Waals surface area contributed by atoms with Crippen LogP contribution in [0.15, 0.2) is 22.6 Å². The first-order valence-corrected chi connectivity index (χ1v) is 9.77. The van der Waals surface area contributed by atoms with Crippen molar-refractivity contribution < 1.29 is 9.21 Å². The van der Waals surface area contributed by atoms with Crippen LogP contribution in [0.5, 0.6) is 0 Å². The minimum Gasteiger partial charge on any atom is -0.459 e. The van der Waals surface area contributed by atoms with Crippen molar-refractivity contribution in [1.82, 2.24) is 9.80 Å². The van der Waals surface area contributed by atoms with Gasteiger partial charge in [0.05, 0.1) is 6.54 Å². The Kier molecular flexibility index (Phi) is 4.76. The minimum atomic E-state index is 0.286. The highest BCUT2D eigenvalue weighted by atomic mass is 16.3. The Morgan fingerprint density at radius 3 is 2.92 bits per heavy atom. The highest BCUT2D eigenvalue weighted by Gasteiger charge is 2.39. The van der Waals surface area contributed by atoms with Crippen LogP contribution in [-0.4, -0.2) is 47.9 Å². The predicted octanol–water partition coefficient (Wildman–Crippen LogP) is 2.82. The fourth-order valence-electron chi connectivity index (χ4n) is 4.74. The second kappa shape index (κ2) is 7.05. The van der Waals surface area contributed by atoms with Gasteiger partial charge >= 0.3 is 0 Å². The summed E-state index contributed by atoms with van der Waals surface area (Å²) in [6, 6.07) is 6.76. The topological polar surface area (TPSA) is 62.7 Å². The molecule has 2 fully saturated rings. The van der Waals surface area contributed by atoms with Crippen LogP contribution in [0.4, 0.5) is 0 Å². The maximum absolute atomic E-state index is 12.2. The molecule has 0 spiro atoms. The summed E-state index contributed by atoms with van der Waals surface area (Å²) >= 11 is 0. The lowest BCUT2D eigenvalue weighted by molar-refractivity contribution is -0.141. The van der Waals surface area contributed by atoms with E-state index in [1.807, 2.05) is 4.90 Å². The lowest BCUT2D eigenvalue weighted by Crippen LogP contribution is -2.56. The van der Waals surface area contributed by atoms with E-state index in [0.29, 0.717) is 31.5 Å². The molecule has 2 aliphatic rings. The summed E-state index contributed by atoms with van der Waals surface area (Å²) in [5, 5.41) is 1.23. The van der Waals surface area contributed by atoms with Crippen molar-refractivity contribution >= 4 is 16.9 Å². The number of fused-ring (bicyclic) bond motifs is 2. The molecule has 2 aromatic rings. The Balaban J connectivity index is 1.48. The molecule has 0 bridgehead atoms. The average Bonchev–Trinajstić information content (AvgIpc) is 2.93. The molecule has 1 aromatic carbocycles. The van der Waals surface area contributed by atoms with Crippen molar-refractivity contribution in [2.45, 2.75) is 45.7 Å². The molecule has 5 nitrogen and oxygen atoms in total. The van der Waals surface area contributed by atoms with E-state index in [2.05, 4.69) is 36.9 Å². The summed E-state index contributed by atoms with van der Waals surface area (Å²) in [6.07, 6.45) is 2.70. The third kappa shape index (κ3) is 3.14. The molecule has 0 aliphatic carbocycles. The molecular formula is C21H29N3O2. The zero-order valence-corrected chi connectivity index (χ0v) is 15.8. The van der Waals surface area contributed by atoms with Crippen LogP contribution in [0.3, 0.4) is 0 Å². The Morgan fingerprint density at radius 1 is 1.27 bits per heavy atom. The van der Waals surface area contributed by atoms with E-state index in [9.17, 15) is 4.79 Å². The molecule has 2 atom stereocenters. The van der Waals surface area contributed by atoms with E-state index in [1.165, 1.54) is 16.5 Å². The van der Waals surface area contributed by atoms with E-state index in [4.69, 9.17) is 10.2 Å². The van der Waals surface area contributed by atoms with Gasteiger partial charge in [-0.05, 0) is 50.3 Å². The van der Waals surface area contributed by atoms with E-state index in [0.717, 1.165) is 43.8 Å². The number of furan rings is 1. The number of piperidine rings is 2. The second-order valence-corrected chi connectivity index (χ2v) is 7.92. The number of amides is 1. The number of nitrogens with two attached hydrogens (primary N) is 1. The first kappa shape index (κ1) is 17.6. The van der Waals surface area contributed by atoms with Crippen molar-refractivity contribution in [3.63, 3.8) is 0 Å². The van der Waals surface area contributed by atoms with E-state index >= 15 is 0 Å². The van der Waals surface area contributed by atoms with E-state index in [-0.39, 0.29) is 5.91 Å². The van der Waals surface area contributed by atoms with Crippen LogP contribution in [0.1, 0.15) is 36.1 Å². The van der Waals surface area contributed by atoms with Crippen LogP contribution in [0, 0.1) is 19.8 Å². The molecule has 2 aliphatic heterocycles. The largest absolute Gasteiger partial charge is 0.459 e. The number of rotatable bonds is 4. The Hall–Kier alpha value is -1.85. The lowest BCUT2D eigenvalue weighted by atomic mass is 9.83. The van der Waals surface area contributed by atoms with Gasteiger partial charge in [0.25, 0.3) is 0 Å². The summed E-state index contributed by atoms with van der Waals surface area (Å²) in [5.41, 5.74) is 9.23. The molecule has 4 rings (SSSR count). The molecule has 140 valence electrons. The van der Waals surface area contributed by atoms with Crippen LogP contribution in [0.2, 0.25) is 0 Å². The summed E-state index contributed by atoms with van der Waals surface area (Å²) in [4.78, 5) is 16.8. The molecule has 2 N–H and O–H groups in total. The number of hydrogen-bond acceptors (Lipinski definition) is 4. The van der Waals surface area contributed by atoms with Gasteiger partial charge in [-0.2, -0.15) is 0 Å². The minimum absolute atomic E-state index is 0.286. The monoisotopic (exact) mass is 355 g/mol. The van der Waals surface area contributed by atoms with Gasteiger partial charge in [0.1, 0.15) is 11.3 Å². The standard InChI is InChI=1S/C21H29N3O2/c1-14-3-5-19-17(11-14)15(2)20(26-19)13-23-9-7-18-16(12-23)4-6-21(25)24(18)10-8-22/h3,5,11,16,18H,4,6-10,12-13,22H2,1-2H3/t16-,18+/m0/s1. The predicted molar refractivity (Wildman–Crippen MR) is 103 cm³/mol. The average molecular weight is 355 g/mol. The summed E-state index contributed by atoms with van der Waals surface area (Å²) in [6.45, 7) is 8.43. The molecule has 0 radical (unpaired) electrons. The van der Waals surface area contributed by atoms with Gasteiger partial charge in [-0.25, -0.2) is 0 Å². The number of benzene rings is 1. The van der Waals surface area contributed by atoms with E-state index in [1.54, 1.807) is 0 Å². The third-order valence-corrected chi connectivity index (χ3v) is 6.16. The maximum atomic E-state index is 12.2. The summed E-state index contributed by atoms with van der Waals surface area (Å²) in [5.74, 6) is 1.92. The molecule has 5 heteroatoms. The van der Waals surface area contributed by atoms with Gasteiger partial charge < -0.3 is 15.1 Å². The number of likely N-dealkylation sites (tertiary alicyclic amines) is 2. The number of carbonyl (C=O) groups excluding carboxylic acids is 1. The molecule has 1 aromatic heterocycles. The van der Waals surface area contributed by atoms with Crippen LogP contribution < -0.4 is 5.73 Å². The first-order chi connectivity index (χ1) is 12.6. The third-order valence-electron chi connectivity index (χ3n) is 6.16. The number of aryl methyl sites for hydroxylation is 2. The fourth-order valence-corrected chi connectivity index (χ4v) is 4.74. The SMILES string of the molecule is Cc1ccc2oc(CN3CC[C@@H]4[C@@H](CCC(=O)N4CCN)C3)c(C)c2c1. The molecule has 0 saturated carbocycles. The Bertz CT molecular complexity index is 813. The summed E-state index contributed by atoms with van der Waals surface area (Å²) < 4.78 is 6.15. The van der Waals surface area contributed by atoms with Gasteiger partial charge in [-0.15, -0.1) is 0 Å². The quantitative estimate of drug-likeness (QED) is 0.916. The van der Waals surface area contributed by atoms with Crippen molar-refractivity contribution in [3.05, 3.63) is 35.1 Å². The highest BCUT2D eigenvalue weighted by molar-refractivity contribution is 5.82. The van der Waals surface area contributed by atoms with Gasteiger partial charge in [0, 0.05) is 44.0 Å². The number of hydrogen-bond donors (Lipinski definition) is 1. The number of carbonyl (C=O) groups is 1. The molecule has 0 unspecified atom stereocenters. The number of nitrogens with zero attached hydrogens (tertiary/aromatic N) is 2. The normalized spacial score (nSPS) is 24.3. The summed E-state index contributed by atoms with van der Waals surface area (Å²) in [7, 11) is 0. The van der Waals surface area contributed by atoms with Crippen molar-refractivity contribution in [3.8, 4) is 0 Å².